The summed E-state index contributed by atoms with van der Waals surface area (Å²) in [7, 11) is 0. The second-order valence-corrected chi connectivity index (χ2v) is 6.06. The monoisotopic (exact) mass is 271 g/mol. The van der Waals surface area contributed by atoms with Crippen LogP contribution in [0.2, 0.25) is 0 Å². The third kappa shape index (κ3) is 2.12. The number of nitrogen functional groups attached to an aromatic ring is 1. The molecule has 5 nitrogen and oxygen atoms in total. The number of aromatic nitrogens is 2. The summed E-state index contributed by atoms with van der Waals surface area (Å²) in [6, 6.07) is 7.11. The highest BCUT2D eigenvalue weighted by atomic mass is 15.2. The van der Waals surface area contributed by atoms with Gasteiger partial charge in [0.15, 0.2) is 0 Å². The number of rotatable bonds is 2. The number of H-pyrrole nitrogens is 1. The fraction of sp³-hybridized carbons (Fsp3) is 0.533. The predicted molar refractivity (Wildman–Crippen MR) is 81.7 cm³/mol. The molecule has 0 spiro atoms. The summed E-state index contributed by atoms with van der Waals surface area (Å²) in [5.74, 6) is 0.877. The molecule has 106 valence electrons. The third-order valence-electron chi connectivity index (χ3n) is 4.67. The van der Waals surface area contributed by atoms with Crippen molar-refractivity contribution in [3.63, 3.8) is 0 Å². The molecule has 2 atom stereocenters. The van der Waals surface area contributed by atoms with Crippen LogP contribution in [0.4, 0.5) is 11.6 Å². The Bertz CT molecular complexity index is 620. The van der Waals surface area contributed by atoms with Crippen LogP contribution in [-0.2, 0) is 0 Å². The number of piperidine rings is 1. The van der Waals surface area contributed by atoms with E-state index in [-0.39, 0.29) is 0 Å². The van der Waals surface area contributed by atoms with Crippen molar-refractivity contribution in [3.8, 4) is 0 Å². The highest BCUT2D eigenvalue weighted by molar-refractivity contribution is 5.80. The van der Waals surface area contributed by atoms with Crippen LogP contribution in [0.3, 0.4) is 0 Å². The van der Waals surface area contributed by atoms with Crippen molar-refractivity contribution in [2.24, 2.45) is 0 Å². The zero-order valence-corrected chi connectivity index (χ0v) is 11.6. The molecular weight excluding hydrogens is 250 g/mol. The maximum Gasteiger partial charge on any atom is 0.201 e. The van der Waals surface area contributed by atoms with E-state index in [9.17, 15) is 0 Å². The van der Waals surface area contributed by atoms with Gasteiger partial charge in [-0.15, -0.1) is 0 Å². The van der Waals surface area contributed by atoms with Gasteiger partial charge in [0.2, 0.25) is 5.95 Å². The van der Waals surface area contributed by atoms with Crippen molar-refractivity contribution in [1.82, 2.24) is 14.9 Å². The largest absolute Gasteiger partial charge is 0.399 e. The summed E-state index contributed by atoms with van der Waals surface area (Å²) in [4.78, 5) is 10.6. The van der Waals surface area contributed by atoms with E-state index >= 15 is 0 Å². The fourth-order valence-corrected chi connectivity index (χ4v) is 3.64. The lowest BCUT2D eigenvalue weighted by atomic mass is 9.98. The molecule has 2 aromatic rings. The van der Waals surface area contributed by atoms with Crippen LogP contribution >= 0.6 is 0 Å². The van der Waals surface area contributed by atoms with E-state index in [0.717, 1.165) is 28.7 Å². The molecule has 2 aliphatic rings. The number of imidazole rings is 1. The first kappa shape index (κ1) is 12.0. The summed E-state index contributed by atoms with van der Waals surface area (Å²) in [6.45, 7) is 2.51. The number of nitrogens with zero attached hydrogens (tertiary/aromatic N) is 2. The van der Waals surface area contributed by atoms with Gasteiger partial charge in [0.1, 0.15) is 0 Å². The van der Waals surface area contributed by atoms with Crippen LogP contribution in [-0.4, -0.2) is 40.0 Å². The molecule has 4 N–H and O–H groups in total. The summed E-state index contributed by atoms with van der Waals surface area (Å²) < 4.78 is 0. The quantitative estimate of drug-likeness (QED) is 0.732. The van der Waals surface area contributed by atoms with Crippen molar-refractivity contribution in [3.05, 3.63) is 18.2 Å². The molecule has 2 unspecified atom stereocenters. The highest BCUT2D eigenvalue weighted by Crippen LogP contribution is 2.28. The average Bonchev–Trinajstić information content (AvgIpc) is 3.03. The molecule has 0 amide bonds. The van der Waals surface area contributed by atoms with Crippen LogP contribution in [0, 0.1) is 0 Å². The van der Waals surface area contributed by atoms with E-state index in [2.05, 4.69) is 20.2 Å². The first-order valence-corrected chi connectivity index (χ1v) is 7.54. The Morgan fingerprint density at radius 2 is 2.25 bits per heavy atom. The number of hydrogen-bond acceptors (Lipinski definition) is 4. The summed E-state index contributed by atoms with van der Waals surface area (Å²) in [5, 5.41) is 3.57. The second-order valence-electron chi connectivity index (χ2n) is 6.06. The Morgan fingerprint density at radius 3 is 3.20 bits per heavy atom. The van der Waals surface area contributed by atoms with Gasteiger partial charge in [0, 0.05) is 24.3 Å². The molecule has 2 fully saturated rings. The van der Waals surface area contributed by atoms with Crippen LogP contribution < -0.4 is 11.1 Å². The summed E-state index contributed by atoms with van der Waals surface area (Å²) in [5.41, 5.74) is 8.55. The molecule has 20 heavy (non-hydrogen) atoms. The lowest BCUT2D eigenvalue weighted by Gasteiger charge is -2.35. The van der Waals surface area contributed by atoms with E-state index in [0.29, 0.717) is 6.04 Å². The van der Waals surface area contributed by atoms with Gasteiger partial charge in [-0.1, -0.05) is 0 Å². The lowest BCUT2D eigenvalue weighted by Crippen LogP contribution is -2.42. The molecule has 5 heteroatoms. The number of nitrogens with one attached hydrogen (secondary N) is 2. The molecule has 3 heterocycles. The Kier molecular flexibility index (Phi) is 2.80. The van der Waals surface area contributed by atoms with E-state index in [4.69, 9.17) is 5.73 Å². The zero-order chi connectivity index (χ0) is 13.5. The molecule has 1 aromatic carbocycles. The fourth-order valence-electron chi connectivity index (χ4n) is 3.64. The zero-order valence-electron chi connectivity index (χ0n) is 11.6. The molecular formula is C15H21N5. The van der Waals surface area contributed by atoms with Gasteiger partial charge in [0.05, 0.1) is 11.0 Å². The lowest BCUT2D eigenvalue weighted by molar-refractivity contribution is 0.188. The molecule has 2 saturated heterocycles. The van der Waals surface area contributed by atoms with E-state index in [1.54, 1.807) is 0 Å². The number of anilines is 2. The van der Waals surface area contributed by atoms with Gasteiger partial charge in [-0.25, -0.2) is 4.98 Å². The Labute approximate surface area is 118 Å². The van der Waals surface area contributed by atoms with E-state index in [1.807, 2.05) is 18.2 Å². The normalized spacial score (nSPS) is 26.8. The Morgan fingerprint density at radius 1 is 1.30 bits per heavy atom. The first-order valence-electron chi connectivity index (χ1n) is 7.54. The van der Waals surface area contributed by atoms with Crippen molar-refractivity contribution >= 4 is 22.7 Å². The number of aromatic amines is 1. The van der Waals surface area contributed by atoms with Crippen molar-refractivity contribution in [2.45, 2.75) is 37.8 Å². The van der Waals surface area contributed by atoms with Gasteiger partial charge in [-0.3, -0.25) is 0 Å². The van der Waals surface area contributed by atoms with Gasteiger partial charge < -0.3 is 20.9 Å². The standard InChI is InChI=1S/C15H21N5/c16-10-3-4-13-14(8-10)19-15(18-13)17-11-5-7-20-6-1-2-12(20)9-11/h3-4,8,11-12H,1-2,5-7,9,16H2,(H2,17,18,19). The second kappa shape index (κ2) is 4.66. The SMILES string of the molecule is Nc1ccc2nc(NC3CCN4CCCC4C3)[nH]c2c1. The minimum Gasteiger partial charge on any atom is -0.399 e. The summed E-state index contributed by atoms with van der Waals surface area (Å²) in [6.07, 6.45) is 5.16. The average molecular weight is 271 g/mol. The van der Waals surface area contributed by atoms with Crippen LogP contribution in [0.15, 0.2) is 18.2 Å². The highest BCUT2D eigenvalue weighted by Gasteiger charge is 2.31. The van der Waals surface area contributed by atoms with Gasteiger partial charge >= 0.3 is 0 Å². The number of hydrogen-bond donors (Lipinski definition) is 3. The minimum absolute atomic E-state index is 0.534. The third-order valence-corrected chi connectivity index (χ3v) is 4.67. The van der Waals surface area contributed by atoms with Gasteiger partial charge in [-0.05, 0) is 50.4 Å². The van der Waals surface area contributed by atoms with Crippen LogP contribution in [0.25, 0.3) is 11.0 Å². The molecule has 4 rings (SSSR count). The van der Waals surface area contributed by atoms with Gasteiger partial charge in [-0.2, -0.15) is 0 Å². The van der Waals surface area contributed by atoms with Crippen LogP contribution in [0.1, 0.15) is 25.7 Å². The van der Waals surface area contributed by atoms with E-state index < -0.39 is 0 Å². The van der Waals surface area contributed by atoms with Crippen LogP contribution in [0.5, 0.6) is 0 Å². The van der Waals surface area contributed by atoms with Crippen molar-refractivity contribution in [1.29, 1.82) is 0 Å². The minimum atomic E-state index is 0.534. The topological polar surface area (TPSA) is 70.0 Å². The number of benzene rings is 1. The molecule has 0 bridgehead atoms. The molecule has 0 aliphatic carbocycles. The maximum absolute atomic E-state index is 5.80. The number of nitrogens with two attached hydrogens (primary N) is 1. The molecule has 0 radical (unpaired) electrons. The molecule has 0 saturated carbocycles. The Hall–Kier alpha value is -1.75. The first-order chi connectivity index (χ1) is 9.78. The van der Waals surface area contributed by atoms with E-state index in [1.165, 1.54) is 38.8 Å². The summed E-state index contributed by atoms with van der Waals surface area (Å²) >= 11 is 0. The molecule has 2 aliphatic heterocycles. The van der Waals surface area contributed by atoms with Gasteiger partial charge in [0.25, 0.3) is 0 Å². The Balaban J connectivity index is 1.49. The molecule has 1 aromatic heterocycles. The van der Waals surface area contributed by atoms with Crippen molar-refractivity contribution in [2.75, 3.05) is 24.1 Å². The number of fused-ring (bicyclic) bond motifs is 2. The maximum atomic E-state index is 5.80. The smallest absolute Gasteiger partial charge is 0.201 e. The predicted octanol–water partition coefficient (Wildman–Crippen LogP) is 2.18. The van der Waals surface area contributed by atoms with Crippen molar-refractivity contribution < 1.29 is 0 Å².